The highest BCUT2D eigenvalue weighted by Gasteiger charge is 2.14. The van der Waals surface area contributed by atoms with Crippen molar-refractivity contribution in [3.63, 3.8) is 0 Å². The lowest BCUT2D eigenvalue weighted by Gasteiger charge is -2.10. The van der Waals surface area contributed by atoms with Crippen LogP contribution in [0.2, 0.25) is 0 Å². The van der Waals surface area contributed by atoms with Gasteiger partial charge in [0.15, 0.2) is 0 Å². The van der Waals surface area contributed by atoms with E-state index in [0.29, 0.717) is 25.4 Å². The Kier molecular flexibility index (Phi) is 5.67. The summed E-state index contributed by atoms with van der Waals surface area (Å²) < 4.78 is 16.6. The van der Waals surface area contributed by atoms with Crippen LogP contribution in [0.5, 0.6) is 5.75 Å². The van der Waals surface area contributed by atoms with E-state index in [2.05, 4.69) is 6.07 Å². The number of ether oxygens (including phenoxy) is 3. The van der Waals surface area contributed by atoms with E-state index in [-0.39, 0.29) is 6.10 Å². The molecule has 1 aliphatic rings. The van der Waals surface area contributed by atoms with E-state index in [1.54, 1.807) is 12.1 Å². The minimum absolute atomic E-state index is 0.285. The van der Waals surface area contributed by atoms with Crippen molar-refractivity contribution in [3.8, 4) is 11.8 Å². The Bertz CT molecular complexity index is 422. The Labute approximate surface area is 113 Å². The largest absolute Gasteiger partial charge is 0.493 e. The van der Waals surface area contributed by atoms with Crippen molar-refractivity contribution in [3.05, 3.63) is 29.8 Å². The summed E-state index contributed by atoms with van der Waals surface area (Å²) in [4.78, 5) is 0. The van der Waals surface area contributed by atoms with E-state index < -0.39 is 0 Å². The summed E-state index contributed by atoms with van der Waals surface area (Å²) in [6.07, 6.45) is 3.38. The van der Waals surface area contributed by atoms with Crippen molar-refractivity contribution in [1.82, 2.24) is 0 Å². The fourth-order valence-electron chi connectivity index (χ4n) is 2.00. The zero-order valence-corrected chi connectivity index (χ0v) is 11.0. The lowest BCUT2D eigenvalue weighted by atomic mass is 10.2. The lowest BCUT2D eigenvalue weighted by molar-refractivity contribution is 0.0141. The van der Waals surface area contributed by atoms with Crippen LogP contribution in [-0.4, -0.2) is 32.5 Å². The third-order valence-electron chi connectivity index (χ3n) is 2.99. The summed E-state index contributed by atoms with van der Waals surface area (Å²) in [6, 6.07) is 9.27. The highest BCUT2D eigenvalue weighted by atomic mass is 16.5. The first-order chi connectivity index (χ1) is 9.38. The molecule has 0 saturated carbocycles. The first kappa shape index (κ1) is 13.9. The Morgan fingerprint density at radius 1 is 1.37 bits per heavy atom. The molecular formula is C15H19NO3. The molecule has 0 amide bonds. The van der Waals surface area contributed by atoms with E-state index in [0.717, 1.165) is 31.6 Å². The number of hydrogen-bond donors (Lipinski definition) is 0. The van der Waals surface area contributed by atoms with Gasteiger partial charge in [0.1, 0.15) is 5.75 Å². The average Bonchev–Trinajstić information content (AvgIpc) is 2.96. The number of nitriles is 1. The van der Waals surface area contributed by atoms with E-state index >= 15 is 0 Å². The normalized spacial score (nSPS) is 18.2. The number of nitrogens with zero attached hydrogens (tertiary/aromatic N) is 1. The van der Waals surface area contributed by atoms with Gasteiger partial charge >= 0.3 is 0 Å². The van der Waals surface area contributed by atoms with Gasteiger partial charge in [0.2, 0.25) is 0 Å². The molecular weight excluding hydrogens is 242 g/mol. The Balaban J connectivity index is 1.55. The molecule has 2 rings (SSSR count). The second kappa shape index (κ2) is 7.78. The predicted molar refractivity (Wildman–Crippen MR) is 71.1 cm³/mol. The highest BCUT2D eigenvalue weighted by molar-refractivity contribution is 5.36. The first-order valence-electron chi connectivity index (χ1n) is 6.71. The maximum Gasteiger partial charge on any atom is 0.120 e. The van der Waals surface area contributed by atoms with Crippen LogP contribution in [0.4, 0.5) is 0 Å². The van der Waals surface area contributed by atoms with Crippen LogP contribution in [0.15, 0.2) is 24.3 Å². The fourth-order valence-corrected chi connectivity index (χ4v) is 2.00. The second-order valence-corrected chi connectivity index (χ2v) is 4.55. The third-order valence-corrected chi connectivity index (χ3v) is 2.99. The fraction of sp³-hybridized carbons (Fsp3) is 0.533. The van der Waals surface area contributed by atoms with Crippen LogP contribution in [0.3, 0.4) is 0 Å². The van der Waals surface area contributed by atoms with Crippen molar-refractivity contribution in [2.75, 3.05) is 26.4 Å². The Hall–Kier alpha value is -1.57. The molecule has 19 heavy (non-hydrogen) atoms. The zero-order valence-electron chi connectivity index (χ0n) is 11.0. The van der Waals surface area contributed by atoms with Gasteiger partial charge in [-0.25, -0.2) is 0 Å². The van der Waals surface area contributed by atoms with Gasteiger partial charge in [0.05, 0.1) is 31.0 Å². The zero-order chi connectivity index (χ0) is 13.3. The molecule has 1 aromatic carbocycles. The molecule has 1 aromatic rings. The van der Waals surface area contributed by atoms with Crippen LogP contribution in [0.25, 0.3) is 0 Å². The monoisotopic (exact) mass is 261 g/mol. The molecule has 4 nitrogen and oxygen atoms in total. The van der Waals surface area contributed by atoms with Crippen molar-refractivity contribution in [2.24, 2.45) is 0 Å². The van der Waals surface area contributed by atoms with Gasteiger partial charge in [-0.2, -0.15) is 5.26 Å². The van der Waals surface area contributed by atoms with Crippen molar-refractivity contribution < 1.29 is 14.2 Å². The van der Waals surface area contributed by atoms with E-state index in [1.165, 1.54) is 0 Å². The van der Waals surface area contributed by atoms with Gasteiger partial charge < -0.3 is 14.2 Å². The maximum atomic E-state index is 8.77. The summed E-state index contributed by atoms with van der Waals surface area (Å²) in [5, 5.41) is 8.77. The number of hydrogen-bond acceptors (Lipinski definition) is 4. The van der Waals surface area contributed by atoms with Gasteiger partial charge in [-0.3, -0.25) is 0 Å². The molecule has 0 spiro atoms. The molecule has 1 fully saturated rings. The number of benzene rings is 1. The first-order valence-corrected chi connectivity index (χ1v) is 6.71. The molecule has 102 valence electrons. The molecule has 0 N–H and O–H groups in total. The van der Waals surface area contributed by atoms with Gasteiger partial charge in [-0.05, 0) is 31.0 Å². The third kappa shape index (κ3) is 4.90. The predicted octanol–water partition coefficient (Wildman–Crippen LogP) is 2.52. The van der Waals surface area contributed by atoms with E-state index in [4.69, 9.17) is 19.5 Å². The minimum atomic E-state index is 0.285. The van der Waals surface area contributed by atoms with Crippen molar-refractivity contribution in [2.45, 2.75) is 25.4 Å². The molecule has 4 heteroatoms. The molecule has 1 aliphatic heterocycles. The molecule has 0 aromatic heterocycles. The SMILES string of the molecule is N#Cc1cccc(OCCCOCC2CCCO2)c1. The quantitative estimate of drug-likeness (QED) is 0.708. The molecule has 1 heterocycles. The summed E-state index contributed by atoms with van der Waals surface area (Å²) >= 11 is 0. The Morgan fingerprint density at radius 3 is 3.11 bits per heavy atom. The molecule has 0 radical (unpaired) electrons. The van der Waals surface area contributed by atoms with Crippen LogP contribution in [0.1, 0.15) is 24.8 Å². The highest BCUT2D eigenvalue weighted by Crippen LogP contribution is 2.13. The van der Waals surface area contributed by atoms with Gasteiger partial charge in [0.25, 0.3) is 0 Å². The summed E-state index contributed by atoms with van der Waals surface area (Å²) in [5.41, 5.74) is 0.618. The smallest absolute Gasteiger partial charge is 0.120 e. The van der Waals surface area contributed by atoms with Crippen LogP contribution >= 0.6 is 0 Å². The summed E-state index contributed by atoms with van der Waals surface area (Å²) in [7, 11) is 0. The van der Waals surface area contributed by atoms with E-state index in [9.17, 15) is 0 Å². The second-order valence-electron chi connectivity index (χ2n) is 4.55. The maximum absolute atomic E-state index is 8.77. The topological polar surface area (TPSA) is 51.5 Å². The summed E-state index contributed by atoms with van der Waals surface area (Å²) in [5.74, 6) is 0.734. The van der Waals surface area contributed by atoms with Crippen LogP contribution in [0, 0.1) is 11.3 Å². The number of rotatable bonds is 7. The molecule has 0 aliphatic carbocycles. The average molecular weight is 261 g/mol. The van der Waals surface area contributed by atoms with Crippen molar-refractivity contribution in [1.29, 1.82) is 5.26 Å². The molecule has 1 atom stereocenters. The minimum Gasteiger partial charge on any atom is -0.493 e. The molecule has 1 saturated heterocycles. The molecule has 1 unspecified atom stereocenters. The van der Waals surface area contributed by atoms with Crippen molar-refractivity contribution >= 4 is 0 Å². The van der Waals surface area contributed by atoms with Gasteiger partial charge in [-0.15, -0.1) is 0 Å². The molecule has 0 bridgehead atoms. The lowest BCUT2D eigenvalue weighted by Crippen LogP contribution is -2.15. The van der Waals surface area contributed by atoms with E-state index in [1.807, 2.05) is 12.1 Å². The Morgan fingerprint density at radius 2 is 2.32 bits per heavy atom. The van der Waals surface area contributed by atoms with Gasteiger partial charge in [0, 0.05) is 19.6 Å². The van der Waals surface area contributed by atoms with Crippen LogP contribution < -0.4 is 4.74 Å². The summed E-state index contributed by atoms with van der Waals surface area (Å²) in [6.45, 7) is 2.83. The van der Waals surface area contributed by atoms with Crippen LogP contribution in [-0.2, 0) is 9.47 Å². The standard InChI is InChI=1S/C15H19NO3/c16-11-13-4-1-5-14(10-13)18-9-3-7-17-12-15-6-2-8-19-15/h1,4-5,10,15H,2-3,6-9,12H2. The van der Waals surface area contributed by atoms with Gasteiger partial charge in [-0.1, -0.05) is 6.07 Å².